The summed E-state index contributed by atoms with van der Waals surface area (Å²) < 4.78 is 1.99. The minimum atomic E-state index is -0.0553. The highest BCUT2D eigenvalue weighted by Crippen LogP contribution is 2.31. The number of imidazole rings is 1. The third-order valence-electron chi connectivity index (χ3n) is 3.87. The molecule has 3 rings (SSSR count). The van der Waals surface area contributed by atoms with Gasteiger partial charge in [-0.15, -0.1) is 0 Å². The largest absolute Gasteiger partial charge is 0.350 e. The molecule has 5 heteroatoms. The van der Waals surface area contributed by atoms with Gasteiger partial charge in [0.2, 0.25) is 0 Å². The second-order valence-electron chi connectivity index (χ2n) is 5.64. The fraction of sp³-hybridized carbons (Fsp3) is 0.375. The molecular weight excluding hydrogens is 264 g/mol. The Balaban J connectivity index is 1.54. The van der Waals surface area contributed by atoms with Crippen LogP contribution < -0.4 is 11.1 Å². The summed E-state index contributed by atoms with van der Waals surface area (Å²) in [6.45, 7) is 1.31. The van der Waals surface area contributed by atoms with E-state index < -0.39 is 0 Å². The van der Waals surface area contributed by atoms with Crippen LogP contribution in [0.25, 0.3) is 0 Å². The summed E-state index contributed by atoms with van der Waals surface area (Å²) in [6.07, 6.45) is 7.84. The minimum absolute atomic E-state index is 0.0553. The molecule has 1 heterocycles. The number of amides is 1. The van der Waals surface area contributed by atoms with E-state index in [1.165, 1.54) is 12.8 Å². The molecule has 110 valence electrons. The number of nitrogens with two attached hydrogens (primary N) is 1. The number of carbonyl (C=O) groups excluding carboxylic acids is 1. The van der Waals surface area contributed by atoms with E-state index in [-0.39, 0.29) is 11.9 Å². The lowest BCUT2D eigenvalue weighted by Crippen LogP contribution is -2.38. The summed E-state index contributed by atoms with van der Waals surface area (Å²) in [5.41, 5.74) is 7.79. The molecule has 1 aromatic carbocycles. The molecule has 1 aliphatic carbocycles. The molecule has 1 aromatic heterocycles. The number of benzene rings is 1. The van der Waals surface area contributed by atoms with Gasteiger partial charge >= 0.3 is 0 Å². The van der Waals surface area contributed by atoms with E-state index in [1.54, 1.807) is 12.5 Å². The van der Waals surface area contributed by atoms with Gasteiger partial charge in [-0.1, -0.05) is 12.1 Å². The van der Waals surface area contributed by atoms with E-state index in [2.05, 4.69) is 10.3 Å². The molecule has 0 bridgehead atoms. The van der Waals surface area contributed by atoms with Crippen LogP contribution in [0.15, 0.2) is 43.0 Å². The zero-order valence-electron chi connectivity index (χ0n) is 11.9. The SMILES string of the molecule is NC(CNC(=O)c1ccc(Cn2ccnc2)cc1)C1CC1. The average Bonchev–Trinajstić information content (AvgIpc) is 3.24. The molecule has 5 nitrogen and oxygen atoms in total. The average molecular weight is 284 g/mol. The number of carbonyl (C=O) groups is 1. The number of nitrogens with zero attached hydrogens (tertiary/aromatic N) is 2. The second kappa shape index (κ2) is 6.10. The van der Waals surface area contributed by atoms with Crippen molar-refractivity contribution in [1.82, 2.24) is 14.9 Å². The molecule has 1 amide bonds. The molecular formula is C16H20N4O. The monoisotopic (exact) mass is 284 g/mol. The lowest BCUT2D eigenvalue weighted by atomic mass is 10.1. The maximum atomic E-state index is 12.0. The van der Waals surface area contributed by atoms with E-state index in [0.29, 0.717) is 18.0 Å². The summed E-state index contributed by atoms with van der Waals surface area (Å²) in [5.74, 6) is 0.545. The number of rotatable bonds is 6. The van der Waals surface area contributed by atoms with Gasteiger partial charge in [-0.05, 0) is 36.5 Å². The first-order chi connectivity index (χ1) is 10.2. The van der Waals surface area contributed by atoms with Gasteiger partial charge in [0, 0.05) is 37.1 Å². The highest BCUT2D eigenvalue weighted by molar-refractivity contribution is 5.94. The van der Waals surface area contributed by atoms with Crippen LogP contribution in [0.4, 0.5) is 0 Å². The Morgan fingerprint density at radius 1 is 1.38 bits per heavy atom. The lowest BCUT2D eigenvalue weighted by molar-refractivity contribution is 0.0950. The van der Waals surface area contributed by atoms with Crippen molar-refractivity contribution in [2.75, 3.05) is 6.54 Å². The smallest absolute Gasteiger partial charge is 0.251 e. The Bertz CT molecular complexity index is 587. The Morgan fingerprint density at radius 2 is 2.14 bits per heavy atom. The first-order valence-corrected chi connectivity index (χ1v) is 7.31. The van der Waals surface area contributed by atoms with E-state index in [0.717, 1.165) is 12.1 Å². The van der Waals surface area contributed by atoms with Gasteiger partial charge in [0.05, 0.1) is 6.33 Å². The van der Waals surface area contributed by atoms with Crippen molar-refractivity contribution in [3.8, 4) is 0 Å². The van der Waals surface area contributed by atoms with Crippen LogP contribution in [-0.2, 0) is 6.54 Å². The first kappa shape index (κ1) is 13.8. The van der Waals surface area contributed by atoms with Crippen LogP contribution in [0.2, 0.25) is 0 Å². The Morgan fingerprint density at radius 3 is 2.76 bits per heavy atom. The molecule has 2 aromatic rings. The number of nitrogens with one attached hydrogen (secondary N) is 1. The highest BCUT2D eigenvalue weighted by Gasteiger charge is 2.28. The molecule has 3 N–H and O–H groups in total. The molecule has 1 aliphatic rings. The molecule has 1 atom stereocenters. The summed E-state index contributed by atoms with van der Waals surface area (Å²) in [7, 11) is 0. The highest BCUT2D eigenvalue weighted by atomic mass is 16.1. The van der Waals surface area contributed by atoms with Crippen LogP contribution >= 0.6 is 0 Å². The molecule has 1 unspecified atom stereocenters. The number of hydrogen-bond donors (Lipinski definition) is 2. The van der Waals surface area contributed by atoms with Crippen molar-refractivity contribution in [2.24, 2.45) is 11.7 Å². The molecule has 0 spiro atoms. The van der Waals surface area contributed by atoms with Gasteiger partial charge in [0.15, 0.2) is 0 Å². The van der Waals surface area contributed by atoms with Crippen molar-refractivity contribution in [2.45, 2.75) is 25.4 Å². The fourth-order valence-electron chi connectivity index (χ4n) is 2.36. The van der Waals surface area contributed by atoms with Crippen LogP contribution in [0.1, 0.15) is 28.8 Å². The predicted molar refractivity (Wildman–Crippen MR) is 80.8 cm³/mol. The standard InChI is InChI=1S/C16H20N4O/c17-15(13-5-6-13)9-19-16(21)14-3-1-12(2-4-14)10-20-8-7-18-11-20/h1-4,7-8,11,13,15H,5-6,9-10,17H2,(H,19,21). The maximum Gasteiger partial charge on any atom is 0.251 e. The first-order valence-electron chi connectivity index (χ1n) is 7.31. The van der Waals surface area contributed by atoms with Gasteiger partial charge in [-0.3, -0.25) is 4.79 Å². The van der Waals surface area contributed by atoms with E-state index in [1.807, 2.05) is 35.0 Å². The Labute approximate surface area is 124 Å². The maximum absolute atomic E-state index is 12.0. The van der Waals surface area contributed by atoms with Gasteiger partial charge in [-0.25, -0.2) is 4.98 Å². The van der Waals surface area contributed by atoms with Crippen molar-refractivity contribution >= 4 is 5.91 Å². The number of hydrogen-bond acceptors (Lipinski definition) is 3. The Hall–Kier alpha value is -2.14. The van der Waals surface area contributed by atoms with Gasteiger partial charge in [-0.2, -0.15) is 0 Å². The van der Waals surface area contributed by atoms with Crippen molar-refractivity contribution in [1.29, 1.82) is 0 Å². The molecule has 0 saturated heterocycles. The lowest BCUT2D eigenvalue weighted by Gasteiger charge is -2.11. The fourth-order valence-corrected chi connectivity index (χ4v) is 2.36. The Kier molecular flexibility index (Phi) is 4.01. The zero-order chi connectivity index (χ0) is 14.7. The summed E-state index contributed by atoms with van der Waals surface area (Å²) in [6, 6.07) is 7.73. The van der Waals surface area contributed by atoms with Gasteiger partial charge in [0.1, 0.15) is 0 Å². The molecule has 0 aliphatic heterocycles. The summed E-state index contributed by atoms with van der Waals surface area (Å²) >= 11 is 0. The van der Waals surface area contributed by atoms with Crippen LogP contribution in [0.3, 0.4) is 0 Å². The quantitative estimate of drug-likeness (QED) is 0.842. The normalized spacial score (nSPS) is 15.7. The van der Waals surface area contributed by atoms with Crippen molar-refractivity contribution in [3.63, 3.8) is 0 Å². The van der Waals surface area contributed by atoms with Crippen molar-refractivity contribution < 1.29 is 4.79 Å². The number of aromatic nitrogens is 2. The van der Waals surface area contributed by atoms with E-state index in [4.69, 9.17) is 5.73 Å². The third-order valence-corrected chi connectivity index (χ3v) is 3.87. The summed E-state index contributed by atoms with van der Waals surface area (Å²) in [5, 5.41) is 2.91. The topological polar surface area (TPSA) is 72.9 Å². The third kappa shape index (κ3) is 3.70. The second-order valence-corrected chi connectivity index (χ2v) is 5.64. The van der Waals surface area contributed by atoms with Gasteiger partial charge < -0.3 is 15.6 Å². The van der Waals surface area contributed by atoms with Crippen LogP contribution in [0.5, 0.6) is 0 Å². The predicted octanol–water partition coefficient (Wildman–Crippen LogP) is 1.40. The van der Waals surface area contributed by atoms with Gasteiger partial charge in [0.25, 0.3) is 5.91 Å². The minimum Gasteiger partial charge on any atom is -0.350 e. The zero-order valence-corrected chi connectivity index (χ0v) is 11.9. The van der Waals surface area contributed by atoms with Crippen LogP contribution in [0, 0.1) is 5.92 Å². The van der Waals surface area contributed by atoms with Crippen LogP contribution in [-0.4, -0.2) is 28.0 Å². The molecule has 21 heavy (non-hydrogen) atoms. The molecule has 0 radical (unpaired) electrons. The van der Waals surface area contributed by atoms with E-state index >= 15 is 0 Å². The molecule has 1 saturated carbocycles. The molecule has 1 fully saturated rings. The van der Waals surface area contributed by atoms with Crippen molar-refractivity contribution in [3.05, 3.63) is 54.1 Å². The summed E-state index contributed by atoms with van der Waals surface area (Å²) in [4.78, 5) is 16.0. The van der Waals surface area contributed by atoms with E-state index in [9.17, 15) is 4.79 Å².